The zero-order chi connectivity index (χ0) is 83.9. The third kappa shape index (κ3) is 10.8. The third-order valence-corrected chi connectivity index (χ3v) is 30.9. The topological polar surface area (TPSA) is 227 Å². The minimum absolute atomic E-state index is 0.0360. The number of hydrogen-bond acceptors (Lipinski definition) is 14. The number of carbonyl (C=O) groups excluding carboxylic acids is 8. The second-order valence-corrected chi connectivity index (χ2v) is 37.5. The van der Waals surface area contributed by atoms with Crippen molar-refractivity contribution in [1.29, 1.82) is 0 Å². The maximum absolute atomic E-state index is 15.9. The van der Waals surface area contributed by atoms with E-state index in [-0.39, 0.29) is 128 Å². The smallest absolute Gasteiger partial charge is 0.239 e. The molecule has 8 amide bonds. The summed E-state index contributed by atoms with van der Waals surface area (Å²) >= 11 is 0. The molecule has 0 spiro atoms. The summed E-state index contributed by atoms with van der Waals surface area (Å²) in [5.41, 5.74) is 12.6. The summed E-state index contributed by atoms with van der Waals surface area (Å²) in [6.07, 6.45) is 3.57. The molecule has 4 aliphatic heterocycles. The number of unbranched alkanes of at least 4 members (excludes halogenated alkanes) is 2. The molecule has 0 saturated carbocycles. The first-order valence-electron chi connectivity index (χ1n) is 44.0. The van der Waals surface area contributed by atoms with Crippen LogP contribution in [-0.2, 0) is 79.0 Å². The number of ether oxygens (including phenoxy) is 4. The maximum Gasteiger partial charge on any atom is 0.239 e. The Morgan fingerprint density at radius 2 is 0.561 bits per heavy atom. The van der Waals surface area contributed by atoms with E-state index in [1.807, 2.05) is 97.1 Å². The first-order chi connectivity index (χ1) is 59.9. The number of phenolic OH excluding ortho intramolecular Hbond substituents is 2. The molecule has 8 bridgehead atoms. The minimum atomic E-state index is -0.983. The third-order valence-electron chi connectivity index (χ3n) is 30.9. The van der Waals surface area contributed by atoms with Crippen molar-refractivity contribution in [1.82, 2.24) is 9.80 Å². The SMILES string of the molecule is CC(CCN1C(=O)C2C3c4ccccc4C(COCCCCOCC45c6ccccc6C(c6ccccc64)C4C(=O)N(c6ccc(O)cc6)C(=O)C45)(c4ccccc43)C2C1=O)CC(C)(C)CN1C(=O)C2C3c4ccccc4C(COCCCCOCC45c6ccccc6C(c6ccccc64)C4C(=O)N(c6ccc(O)cc6)C(=O)C45)(c4ccccc43)C2C1=O. The molecule has 18 nitrogen and oxygen atoms in total. The molecule has 123 heavy (non-hydrogen) atoms. The van der Waals surface area contributed by atoms with Gasteiger partial charge < -0.3 is 29.2 Å². The van der Waals surface area contributed by atoms with Crippen LogP contribution in [0, 0.1) is 58.7 Å². The van der Waals surface area contributed by atoms with Gasteiger partial charge in [0.1, 0.15) is 11.5 Å². The van der Waals surface area contributed by atoms with Gasteiger partial charge in [0.25, 0.3) is 0 Å². The fourth-order valence-corrected chi connectivity index (χ4v) is 26.5. The van der Waals surface area contributed by atoms with E-state index in [1.54, 1.807) is 29.2 Å². The van der Waals surface area contributed by atoms with Gasteiger partial charge in [-0.25, -0.2) is 9.80 Å². The summed E-state index contributed by atoms with van der Waals surface area (Å²) in [7, 11) is 0. The minimum Gasteiger partial charge on any atom is -0.508 e. The molecule has 4 saturated heterocycles. The molecule has 4 heterocycles. The fraction of sp³-hybridized carbons (Fsp3) is 0.352. The molecular formula is C105H96N4O14. The molecule has 10 aromatic carbocycles. The van der Waals surface area contributed by atoms with Gasteiger partial charge in [0.2, 0.25) is 47.3 Å². The number of nitrogens with zero attached hydrogens (tertiary/aromatic N) is 4. The average molecular weight is 1640 g/mol. The van der Waals surface area contributed by atoms with E-state index in [4.69, 9.17) is 18.9 Å². The molecule has 4 fully saturated rings. The van der Waals surface area contributed by atoms with Gasteiger partial charge in [-0.2, -0.15) is 0 Å². The molecule has 2 N–H and O–H groups in total. The summed E-state index contributed by atoms with van der Waals surface area (Å²) in [5, 5.41) is 20.4. The van der Waals surface area contributed by atoms with Crippen molar-refractivity contribution in [3.05, 3.63) is 332 Å². The van der Waals surface area contributed by atoms with Crippen LogP contribution in [0.4, 0.5) is 11.4 Å². The van der Waals surface area contributed by atoms with Gasteiger partial charge in [0.15, 0.2) is 0 Å². The van der Waals surface area contributed by atoms with E-state index in [2.05, 4.69) is 118 Å². The normalized spacial score (nSPS) is 28.8. The largest absolute Gasteiger partial charge is 0.508 e. The van der Waals surface area contributed by atoms with Gasteiger partial charge in [-0.15, -0.1) is 0 Å². The molecule has 0 radical (unpaired) electrons. The van der Waals surface area contributed by atoms with Crippen LogP contribution >= 0.6 is 0 Å². The molecule has 10 aromatic rings. The van der Waals surface area contributed by atoms with Gasteiger partial charge >= 0.3 is 0 Å². The second kappa shape index (κ2) is 28.9. The molecule has 0 aromatic heterocycles. The first kappa shape index (κ1) is 77.3. The summed E-state index contributed by atoms with van der Waals surface area (Å²) in [6, 6.07) is 78.1. The van der Waals surface area contributed by atoms with Crippen LogP contribution < -0.4 is 9.80 Å². The Balaban J connectivity index is 0.461. The molecule has 9 atom stereocenters. The Kier molecular flexibility index (Phi) is 18.2. The van der Waals surface area contributed by atoms with E-state index >= 15 is 28.8 Å². The molecular weight excluding hydrogens is 1540 g/mol. The highest BCUT2D eigenvalue weighted by Gasteiger charge is 2.73. The van der Waals surface area contributed by atoms with Crippen LogP contribution in [-0.4, -0.2) is 133 Å². The lowest BCUT2D eigenvalue weighted by Crippen LogP contribution is -2.56. The highest BCUT2D eigenvalue weighted by molar-refractivity contribution is 6.25. The zero-order valence-electron chi connectivity index (χ0n) is 69.0. The van der Waals surface area contributed by atoms with E-state index in [9.17, 15) is 19.8 Å². The Hall–Kier alpha value is -11.8. The van der Waals surface area contributed by atoms with Crippen molar-refractivity contribution in [3.8, 4) is 11.5 Å². The molecule has 18 heteroatoms. The lowest BCUT2D eigenvalue weighted by Gasteiger charge is -2.54. The quantitative estimate of drug-likeness (QED) is 0.0361. The van der Waals surface area contributed by atoms with E-state index in [1.165, 1.54) is 39.0 Å². The van der Waals surface area contributed by atoms with Crippen molar-refractivity contribution in [2.45, 2.75) is 105 Å². The van der Waals surface area contributed by atoms with Gasteiger partial charge in [0, 0.05) is 63.2 Å². The summed E-state index contributed by atoms with van der Waals surface area (Å²) in [4.78, 5) is 128. The van der Waals surface area contributed by atoms with Crippen molar-refractivity contribution < 1.29 is 67.5 Å². The number of aromatic hydroxyl groups is 2. The fourth-order valence-electron chi connectivity index (χ4n) is 26.5. The molecule has 9 unspecified atom stereocenters. The second-order valence-electron chi connectivity index (χ2n) is 37.5. The molecule has 12 aliphatic carbocycles. The number of likely N-dealkylation sites (tertiary alicyclic amines) is 2. The van der Waals surface area contributed by atoms with Crippen molar-refractivity contribution in [3.63, 3.8) is 0 Å². The Bertz CT molecular complexity index is 5900. The predicted octanol–water partition coefficient (Wildman–Crippen LogP) is 15.1. The number of phenols is 2. The lowest BCUT2D eigenvalue weighted by molar-refractivity contribution is -0.143. The zero-order valence-corrected chi connectivity index (χ0v) is 69.0. The van der Waals surface area contributed by atoms with Crippen LogP contribution in [0.2, 0.25) is 0 Å². The highest BCUT2D eigenvalue weighted by Crippen LogP contribution is 2.70. The van der Waals surface area contributed by atoms with Gasteiger partial charge in [-0.3, -0.25) is 48.2 Å². The van der Waals surface area contributed by atoms with Crippen LogP contribution in [0.5, 0.6) is 11.5 Å². The first-order valence-corrected chi connectivity index (χ1v) is 44.0. The Labute approximate surface area is 714 Å². The number of carbonyl (C=O) groups is 8. The van der Waals surface area contributed by atoms with E-state index in [0.29, 0.717) is 76.3 Å². The predicted molar refractivity (Wildman–Crippen MR) is 459 cm³/mol. The summed E-state index contributed by atoms with van der Waals surface area (Å²) in [6.45, 7) is 8.79. The standard InChI is InChI=1S/C105H96N4O14/c1-60(48-49-106-93(112)85-81-65-24-4-12-32-73(65)102(89(85)97(106)116,74-33-13-5-25-66(74)81)56-120-50-20-22-52-122-58-104-77-36-16-8-28-69(77)83(70-29-9-17-37-78(70)104)87-91(104)99(118)108(95(87)114)61-40-44-63(110)45-41-61)54-101(2,3)55-107-94(113)86-82-67-26-6-14-34-75(67)103(90(86)98(107)117,76-35-15-7-27-68(76)82)57-121-51-21-23-53-123-59-105-79-38-18-10-30-71(79)84(72-31-11-19-39-80(72)105)88-92(105)100(119)109(96(88)115)62-42-46-64(111)47-43-62/h4-19,24-47,60,81-92,110-111H,20-23,48-59H2,1-3H3. The molecule has 16 aliphatic rings. The number of amides is 8. The van der Waals surface area contributed by atoms with E-state index < -0.39 is 74.4 Å². The number of hydrogen-bond donors (Lipinski definition) is 2. The van der Waals surface area contributed by atoms with Crippen molar-refractivity contribution in [2.24, 2.45) is 58.7 Å². The number of benzene rings is 10. The van der Waals surface area contributed by atoms with Gasteiger partial charge in [-0.05, 0) is 187 Å². The average Bonchev–Trinajstić information content (AvgIpc) is 1.54. The Morgan fingerprint density at radius 3 is 0.846 bits per heavy atom. The lowest BCUT2D eigenvalue weighted by atomic mass is 9.47. The van der Waals surface area contributed by atoms with Crippen molar-refractivity contribution >= 4 is 58.6 Å². The van der Waals surface area contributed by atoms with Crippen LogP contribution in [0.3, 0.4) is 0 Å². The van der Waals surface area contributed by atoms with E-state index in [0.717, 1.165) is 89.0 Å². The molecule has 26 rings (SSSR count). The summed E-state index contributed by atoms with van der Waals surface area (Å²) in [5.74, 6) is -8.61. The van der Waals surface area contributed by atoms with Crippen LogP contribution in [0.1, 0.15) is 172 Å². The van der Waals surface area contributed by atoms with Crippen LogP contribution in [0.25, 0.3) is 0 Å². The highest BCUT2D eigenvalue weighted by atomic mass is 16.5. The van der Waals surface area contributed by atoms with Crippen LogP contribution in [0.15, 0.2) is 243 Å². The summed E-state index contributed by atoms with van der Waals surface area (Å²) < 4.78 is 27.4. The number of anilines is 2. The van der Waals surface area contributed by atoms with Crippen molar-refractivity contribution in [2.75, 3.05) is 75.7 Å². The van der Waals surface area contributed by atoms with Gasteiger partial charge in [-0.1, -0.05) is 215 Å². The monoisotopic (exact) mass is 1640 g/mol. The molecule has 620 valence electrons. The van der Waals surface area contributed by atoms with Gasteiger partial charge in [0.05, 0.1) is 107 Å². The number of rotatable bonds is 27. The maximum atomic E-state index is 15.9. The Morgan fingerprint density at radius 1 is 0.317 bits per heavy atom. The number of imide groups is 4.